The molecule has 1 aliphatic heterocycles. The Bertz CT molecular complexity index is 1020. The fraction of sp³-hybridized carbons (Fsp3) is 0.286. The average molecular weight is 396 g/mol. The number of H-pyrrole nitrogens is 1. The maximum absolute atomic E-state index is 14.0. The maximum Gasteiger partial charge on any atom is 0.295 e. The summed E-state index contributed by atoms with van der Waals surface area (Å²) in [6, 6.07) is 12.3. The predicted octanol–water partition coefficient (Wildman–Crippen LogP) is 4.52. The molecule has 0 aliphatic carbocycles. The number of hydrogen-bond donors (Lipinski definition) is 1. The number of aromatic amines is 1. The smallest absolute Gasteiger partial charge is 0.295 e. The summed E-state index contributed by atoms with van der Waals surface area (Å²) in [5.74, 6) is 0.203. The van der Waals surface area contributed by atoms with Crippen molar-refractivity contribution in [1.29, 1.82) is 0 Å². The van der Waals surface area contributed by atoms with Gasteiger partial charge in [-0.15, -0.1) is 0 Å². The van der Waals surface area contributed by atoms with Crippen LogP contribution in [0.25, 0.3) is 11.3 Å². The number of nitrogens with zero attached hydrogens (tertiary/aromatic N) is 3. The highest BCUT2D eigenvalue weighted by atomic mass is 19.1. The fourth-order valence-corrected chi connectivity index (χ4v) is 3.82. The van der Waals surface area contributed by atoms with Crippen LogP contribution in [0.3, 0.4) is 0 Å². The van der Waals surface area contributed by atoms with Crippen LogP contribution in [0.1, 0.15) is 24.6 Å². The normalized spacial score (nSPS) is 16.6. The highest BCUT2D eigenvalue weighted by molar-refractivity contribution is 5.66. The number of nitro groups is 1. The number of halogens is 1. The van der Waals surface area contributed by atoms with Gasteiger partial charge in [0.25, 0.3) is 5.69 Å². The first-order chi connectivity index (χ1) is 14.1. The standard InChI is InChI=1S/C21H21FN4O3/c1-29-20-11-18(19(26(27)28)10-16(20)22)25-9-5-8-15(13-25)21-23-12-17(24-21)14-6-3-2-4-7-14/h2-4,6-7,10-12,15H,5,8-9,13H2,1H3,(H,23,24). The lowest BCUT2D eigenvalue weighted by molar-refractivity contribution is -0.384. The molecule has 0 bridgehead atoms. The van der Waals surface area contributed by atoms with Crippen LogP contribution < -0.4 is 9.64 Å². The molecule has 1 fully saturated rings. The summed E-state index contributed by atoms with van der Waals surface area (Å²) in [7, 11) is 1.35. The second kappa shape index (κ2) is 7.90. The van der Waals surface area contributed by atoms with Gasteiger partial charge in [0.15, 0.2) is 11.6 Å². The summed E-state index contributed by atoms with van der Waals surface area (Å²) < 4.78 is 19.0. The van der Waals surface area contributed by atoms with Gasteiger partial charge in [0.1, 0.15) is 11.5 Å². The van der Waals surface area contributed by atoms with E-state index in [2.05, 4.69) is 9.97 Å². The van der Waals surface area contributed by atoms with Gasteiger partial charge in [0.2, 0.25) is 0 Å². The number of aromatic nitrogens is 2. The van der Waals surface area contributed by atoms with Crippen molar-refractivity contribution in [3.05, 3.63) is 70.4 Å². The largest absolute Gasteiger partial charge is 0.494 e. The first-order valence-corrected chi connectivity index (χ1v) is 9.44. The van der Waals surface area contributed by atoms with Gasteiger partial charge in [0, 0.05) is 25.1 Å². The number of rotatable bonds is 5. The van der Waals surface area contributed by atoms with Crippen molar-refractivity contribution in [2.75, 3.05) is 25.1 Å². The minimum Gasteiger partial charge on any atom is -0.494 e. The summed E-state index contributed by atoms with van der Waals surface area (Å²) in [6.45, 7) is 1.20. The second-order valence-electron chi connectivity index (χ2n) is 7.07. The zero-order chi connectivity index (χ0) is 20.4. The molecule has 8 heteroatoms. The monoisotopic (exact) mass is 396 g/mol. The zero-order valence-corrected chi connectivity index (χ0v) is 16.0. The van der Waals surface area contributed by atoms with Gasteiger partial charge in [-0.2, -0.15) is 0 Å². The third-order valence-electron chi connectivity index (χ3n) is 5.27. The summed E-state index contributed by atoms with van der Waals surface area (Å²) in [6.07, 6.45) is 3.58. The third-order valence-corrected chi connectivity index (χ3v) is 5.27. The Hall–Kier alpha value is -3.42. The fourth-order valence-electron chi connectivity index (χ4n) is 3.82. The molecule has 7 nitrogen and oxygen atoms in total. The molecule has 0 spiro atoms. The Morgan fingerprint density at radius 3 is 2.83 bits per heavy atom. The number of piperidine rings is 1. The molecular weight excluding hydrogens is 375 g/mol. The molecule has 4 rings (SSSR count). The molecule has 1 atom stereocenters. The van der Waals surface area contributed by atoms with Crippen molar-refractivity contribution in [2.24, 2.45) is 0 Å². The van der Waals surface area contributed by atoms with Gasteiger partial charge in [-0.25, -0.2) is 9.37 Å². The first kappa shape index (κ1) is 18.9. The van der Waals surface area contributed by atoms with E-state index in [1.54, 1.807) is 0 Å². The highest BCUT2D eigenvalue weighted by Crippen LogP contribution is 2.38. The molecule has 1 N–H and O–H groups in total. The molecule has 0 radical (unpaired) electrons. The Kier molecular flexibility index (Phi) is 5.16. The van der Waals surface area contributed by atoms with Gasteiger partial charge in [-0.3, -0.25) is 10.1 Å². The molecule has 150 valence electrons. The van der Waals surface area contributed by atoms with Crippen molar-refractivity contribution in [1.82, 2.24) is 9.97 Å². The van der Waals surface area contributed by atoms with Crippen LogP contribution in [-0.2, 0) is 0 Å². The van der Waals surface area contributed by atoms with E-state index in [1.165, 1.54) is 13.2 Å². The van der Waals surface area contributed by atoms with Crippen molar-refractivity contribution in [3.8, 4) is 17.0 Å². The molecule has 3 aromatic rings. The van der Waals surface area contributed by atoms with Crippen LogP contribution in [0.2, 0.25) is 0 Å². The molecular formula is C21H21FN4O3. The van der Waals surface area contributed by atoms with E-state index in [-0.39, 0.29) is 17.4 Å². The van der Waals surface area contributed by atoms with Crippen LogP contribution in [-0.4, -0.2) is 35.1 Å². The van der Waals surface area contributed by atoms with Crippen LogP contribution in [0.5, 0.6) is 5.75 Å². The maximum atomic E-state index is 14.0. The van der Waals surface area contributed by atoms with Crippen molar-refractivity contribution in [3.63, 3.8) is 0 Å². The summed E-state index contributed by atoms with van der Waals surface area (Å²) in [5, 5.41) is 11.5. The lowest BCUT2D eigenvalue weighted by Crippen LogP contribution is -2.35. The zero-order valence-electron chi connectivity index (χ0n) is 16.0. The number of anilines is 1. The van der Waals surface area contributed by atoms with Gasteiger partial charge in [0.05, 0.1) is 30.0 Å². The molecule has 0 amide bonds. The number of ether oxygens (including phenoxy) is 1. The van der Waals surface area contributed by atoms with E-state index in [4.69, 9.17) is 4.74 Å². The molecule has 1 aromatic heterocycles. The predicted molar refractivity (Wildman–Crippen MR) is 108 cm³/mol. The molecule has 29 heavy (non-hydrogen) atoms. The minimum atomic E-state index is -0.741. The van der Waals surface area contributed by atoms with E-state index in [9.17, 15) is 14.5 Å². The topological polar surface area (TPSA) is 84.3 Å². The average Bonchev–Trinajstić information content (AvgIpc) is 3.24. The van der Waals surface area contributed by atoms with Gasteiger partial charge in [-0.05, 0) is 18.4 Å². The van der Waals surface area contributed by atoms with E-state index in [1.807, 2.05) is 41.4 Å². The Labute approximate surface area is 167 Å². The third kappa shape index (κ3) is 3.78. The van der Waals surface area contributed by atoms with Gasteiger partial charge in [-0.1, -0.05) is 30.3 Å². The second-order valence-corrected chi connectivity index (χ2v) is 7.07. The molecule has 2 heterocycles. The number of nitro benzene ring substituents is 1. The number of methoxy groups -OCH3 is 1. The Morgan fingerprint density at radius 1 is 1.31 bits per heavy atom. The Morgan fingerprint density at radius 2 is 2.10 bits per heavy atom. The molecule has 1 saturated heterocycles. The van der Waals surface area contributed by atoms with E-state index in [0.717, 1.165) is 36.0 Å². The SMILES string of the molecule is COc1cc(N2CCCC(c3ncc(-c4ccccc4)[nH]3)C2)c([N+](=O)[O-])cc1F. The number of nitrogens with one attached hydrogen (secondary N) is 1. The number of hydrogen-bond acceptors (Lipinski definition) is 5. The van der Waals surface area contributed by atoms with Crippen LogP contribution in [0, 0.1) is 15.9 Å². The van der Waals surface area contributed by atoms with Crippen molar-refractivity contribution in [2.45, 2.75) is 18.8 Å². The molecule has 2 aromatic carbocycles. The number of benzene rings is 2. The summed E-state index contributed by atoms with van der Waals surface area (Å²) in [4.78, 5) is 20.8. The minimum absolute atomic E-state index is 0.00270. The van der Waals surface area contributed by atoms with Crippen LogP contribution >= 0.6 is 0 Å². The lowest BCUT2D eigenvalue weighted by atomic mass is 9.96. The molecule has 1 aliphatic rings. The van der Waals surface area contributed by atoms with E-state index in [0.29, 0.717) is 18.8 Å². The van der Waals surface area contributed by atoms with Gasteiger partial charge < -0.3 is 14.6 Å². The number of imidazole rings is 1. The Balaban J connectivity index is 1.61. The van der Waals surface area contributed by atoms with Gasteiger partial charge >= 0.3 is 0 Å². The molecule has 0 saturated carbocycles. The highest BCUT2D eigenvalue weighted by Gasteiger charge is 2.29. The first-order valence-electron chi connectivity index (χ1n) is 9.44. The molecule has 1 unspecified atom stereocenters. The van der Waals surface area contributed by atoms with E-state index >= 15 is 0 Å². The van der Waals surface area contributed by atoms with E-state index < -0.39 is 10.7 Å². The van der Waals surface area contributed by atoms with Crippen LogP contribution in [0.4, 0.5) is 15.8 Å². The summed E-state index contributed by atoms with van der Waals surface area (Å²) >= 11 is 0. The van der Waals surface area contributed by atoms with Crippen molar-refractivity contribution < 1.29 is 14.1 Å². The quantitative estimate of drug-likeness (QED) is 0.506. The van der Waals surface area contributed by atoms with Crippen LogP contribution in [0.15, 0.2) is 48.7 Å². The lowest BCUT2D eigenvalue weighted by Gasteiger charge is -2.33. The summed E-state index contributed by atoms with van der Waals surface area (Å²) in [5.41, 5.74) is 2.10. The van der Waals surface area contributed by atoms with Crippen molar-refractivity contribution >= 4 is 11.4 Å².